The van der Waals surface area contributed by atoms with E-state index in [1.54, 1.807) is 0 Å². The van der Waals surface area contributed by atoms with Gasteiger partial charge in [-0.1, -0.05) is 0 Å². The molecule has 6 heteroatoms. The normalized spacial score (nSPS) is 14.1. The van der Waals surface area contributed by atoms with Crippen molar-refractivity contribution in [2.24, 2.45) is 0 Å². The third-order valence-electron chi connectivity index (χ3n) is 0.750. The molecule has 9 heavy (non-hydrogen) atoms. The molecule has 0 aromatic carbocycles. The maximum absolute atomic E-state index is 9.85. The first kappa shape index (κ1) is 12.5. The van der Waals surface area contributed by atoms with Crippen LogP contribution in [-0.2, 0) is 10.1 Å². The van der Waals surface area contributed by atoms with E-state index in [9.17, 15) is 13.0 Å². The summed E-state index contributed by atoms with van der Waals surface area (Å²) in [4.78, 5) is 0. The summed E-state index contributed by atoms with van der Waals surface area (Å²) in [6, 6.07) is 0. The van der Waals surface area contributed by atoms with Crippen molar-refractivity contribution in [3.8, 4) is 0 Å². The SMILES string of the molecule is CC(CO)S(=O)(=O)[O-].[Na+]. The van der Waals surface area contributed by atoms with E-state index in [0.717, 1.165) is 6.92 Å². The molecule has 0 aromatic rings. The minimum atomic E-state index is -4.25. The summed E-state index contributed by atoms with van der Waals surface area (Å²) < 4.78 is 29.5. The van der Waals surface area contributed by atoms with E-state index in [1.165, 1.54) is 0 Å². The molecule has 0 saturated heterocycles. The van der Waals surface area contributed by atoms with Gasteiger partial charge in [-0.2, -0.15) is 0 Å². The van der Waals surface area contributed by atoms with E-state index in [-0.39, 0.29) is 29.6 Å². The van der Waals surface area contributed by atoms with Crippen molar-refractivity contribution in [3.05, 3.63) is 0 Å². The predicted octanol–water partition coefficient (Wildman–Crippen LogP) is -4.08. The molecular formula is C3H7NaO4S. The molecule has 0 aliphatic carbocycles. The van der Waals surface area contributed by atoms with E-state index in [0.29, 0.717) is 0 Å². The molecule has 0 amide bonds. The van der Waals surface area contributed by atoms with Crippen LogP contribution >= 0.6 is 0 Å². The first-order valence-corrected chi connectivity index (χ1v) is 3.51. The minimum Gasteiger partial charge on any atom is -0.748 e. The van der Waals surface area contributed by atoms with Crippen molar-refractivity contribution in [1.82, 2.24) is 0 Å². The molecule has 0 radical (unpaired) electrons. The van der Waals surface area contributed by atoms with Crippen LogP contribution in [0.4, 0.5) is 0 Å². The van der Waals surface area contributed by atoms with Gasteiger partial charge in [0.05, 0.1) is 22.0 Å². The van der Waals surface area contributed by atoms with Gasteiger partial charge in [-0.05, 0) is 6.92 Å². The summed E-state index contributed by atoms with van der Waals surface area (Å²) in [5.41, 5.74) is 0. The topological polar surface area (TPSA) is 77.4 Å². The fourth-order valence-electron chi connectivity index (χ4n) is 0.0913. The average Bonchev–Trinajstić information content (AvgIpc) is 1.62. The Balaban J connectivity index is 0. The van der Waals surface area contributed by atoms with Crippen molar-refractivity contribution >= 4 is 10.1 Å². The monoisotopic (exact) mass is 162 g/mol. The maximum atomic E-state index is 9.85. The summed E-state index contributed by atoms with van der Waals surface area (Å²) in [7, 11) is -4.25. The fraction of sp³-hybridized carbons (Fsp3) is 1.00. The molecule has 0 aliphatic rings. The van der Waals surface area contributed by atoms with Gasteiger partial charge in [-0.25, -0.2) is 8.42 Å². The van der Waals surface area contributed by atoms with E-state index >= 15 is 0 Å². The number of hydrogen-bond acceptors (Lipinski definition) is 4. The van der Waals surface area contributed by atoms with Crippen LogP contribution in [-0.4, -0.2) is 29.9 Å². The van der Waals surface area contributed by atoms with Crippen LogP contribution in [0, 0.1) is 0 Å². The molecule has 0 bridgehead atoms. The van der Waals surface area contributed by atoms with Crippen molar-refractivity contribution < 1.29 is 47.6 Å². The van der Waals surface area contributed by atoms with Crippen molar-refractivity contribution in [2.75, 3.05) is 6.61 Å². The first-order chi connectivity index (χ1) is 3.48. The van der Waals surface area contributed by atoms with Crippen molar-refractivity contribution in [2.45, 2.75) is 12.2 Å². The Hall–Kier alpha value is 0.870. The van der Waals surface area contributed by atoms with Gasteiger partial charge < -0.3 is 9.66 Å². The number of rotatable bonds is 2. The molecule has 0 saturated carbocycles. The molecule has 0 fully saturated rings. The summed E-state index contributed by atoms with van der Waals surface area (Å²) in [5.74, 6) is 0. The van der Waals surface area contributed by atoms with Gasteiger partial charge in [0, 0.05) is 0 Å². The third kappa shape index (κ3) is 5.32. The molecule has 1 atom stereocenters. The van der Waals surface area contributed by atoms with Gasteiger partial charge in [0.2, 0.25) is 0 Å². The Labute approximate surface area is 76.3 Å². The standard InChI is InChI=1S/C3H8O4S.Na/c1-3(2-4)8(5,6)7;/h3-4H,2H2,1H3,(H,5,6,7);/q;+1/p-1. The molecule has 0 rings (SSSR count). The molecule has 1 N–H and O–H groups in total. The van der Waals surface area contributed by atoms with Gasteiger partial charge in [-0.15, -0.1) is 0 Å². The summed E-state index contributed by atoms with van der Waals surface area (Å²) in [6.07, 6.45) is 0. The van der Waals surface area contributed by atoms with Gasteiger partial charge in [0.1, 0.15) is 0 Å². The maximum Gasteiger partial charge on any atom is 1.00 e. The first-order valence-electron chi connectivity index (χ1n) is 2.04. The van der Waals surface area contributed by atoms with Gasteiger partial charge in [0.25, 0.3) is 0 Å². The van der Waals surface area contributed by atoms with E-state index < -0.39 is 22.0 Å². The second kappa shape index (κ2) is 4.65. The van der Waals surface area contributed by atoms with Crippen LogP contribution in [0.2, 0.25) is 0 Å². The molecule has 0 heterocycles. The molecule has 0 spiro atoms. The minimum absolute atomic E-state index is 0. The Morgan fingerprint density at radius 3 is 2.00 bits per heavy atom. The Bertz CT molecular complexity index is 151. The average molecular weight is 162 g/mol. The number of aliphatic hydroxyl groups excluding tert-OH is 1. The molecule has 1 unspecified atom stereocenters. The Morgan fingerprint density at radius 2 is 2.00 bits per heavy atom. The number of aliphatic hydroxyl groups is 1. The van der Waals surface area contributed by atoms with Gasteiger partial charge in [0.15, 0.2) is 0 Å². The molecule has 4 nitrogen and oxygen atoms in total. The zero-order chi connectivity index (χ0) is 6.78. The van der Waals surface area contributed by atoms with E-state index in [1.807, 2.05) is 0 Å². The van der Waals surface area contributed by atoms with Gasteiger partial charge in [-0.3, -0.25) is 0 Å². The zero-order valence-corrected chi connectivity index (χ0v) is 8.18. The molecule has 0 aliphatic heterocycles. The number of hydrogen-bond donors (Lipinski definition) is 1. The summed E-state index contributed by atoms with van der Waals surface area (Å²) in [6.45, 7) is 0.550. The van der Waals surface area contributed by atoms with Gasteiger partial charge >= 0.3 is 29.6 Å². The van der Waals surface area contributed by atoms with Crippen LogP contribution in [0.25, 0.3) is 0 Å². The molecule has 0 aromatic heterocycles. The zero-order valence-electron chi connectivity index (χ0n) is 5.36. The summed E-state index contributed by atoms with van der Waals surface area (Å²) in [5, 5.41) is 6.91. The summed E-state index contributed by atoms with van der Waals surface area (Å²) >= 11 is 0. The van der Waals surface area contributed by atoms with Crippen LogP contribution in [0.1, 0.15) is 6.92 Å². The Kier molecular flexibility index (Phi) is 6.48. The van der Waals surface area contributed by atoms with Crippen molar-refractivity contribution in [1.29, 1.82) is 0 Å². The van der Waals surface area contributed by atoms with Crippen LogP contribution in [0.15, 0.2) is 0 Å². The largest absolute Gasteiger partial charge is 1.00 e. The predicted molar refractivity (Wildman–Crippen MR) is 26.2 cm³/mol. The second-order valence-corrected chi connectivity index (χ2v) is 3.28. The fourth-order valence-corrected chi connectivity index (χ4v) is 0.274. The smallest absolute Gasteiger partial charge is 0.748 e. The van der Waals surface area contributed by atoms with Crippen molar-refractivity contribution in [3.63, 3.8) is 0 Å². The third-order valence-corrected chi connectivity index (χ3v) is 1.88. The van der Waals surface area contributed by atoms with Crippen LogP contribution in [0.5, 0.6) is 0 Å². The van der Waals surface area contributed by atoms with E-state index in [4.69, 9.17) is 5.11 Å². The molecular weight excluding hydrogens is 155 g/mol. The quantitative estimate of drug-likeness (QED) is 0.331. The second-order valence-electron chi connectivity index (χ2n) is 1.49. The Morgan fingerprint density at radius 1 is 1.67 bits per heavy atom. The van der Waals surface area contributed by atoms with Crippen LogP contribution in [0.3, 0.4) is 0 Å². The van der Waals surface area contributed by atoms with E-state index in [2.05, 4.69) is 0 Å². The van der Waals surface area contributed by atoms with Crippen LogP contribution < -0.4 is 29.6 Å². The molecule has 50 valence electrons.